The summed E-state index contributed by atoms with van der Waals surface area (Å²) in [4.78, 5) is 14.3. The Morgan fingerprint density at radius 3 is 2.50 bits per heavy atom. The molecule has 2 aromatic rings. The fourth-order valence-corrected chi connectivity index (χ4v) is 3.53. The Bertz CT molecular complexity index is 810. The van der Waals surface area contributed by atoms with E-state index in [0.717, 1.165) is 11.3 Å². The summed E-state index contributed by atoms with van der Waals surface area (Å²) >= 11 is 0.906. The van der Waals surface area contributed by atoms with Gasteiger partial charge in [-0.3, -0.25) is 4.79 Å². The lowest BCUT2D eigenvalue weighted by molar-refractivity contribution is 0.103. The molecule has 8 heteroatoms. The van der Waals surface area contributed by atoms with E-state index in [0.29, 0.717) is 17.7 Å². The molecule has 6 nitrogen and oxygen atoms in total. The zero-order valence-electron chi connectivity index (χ0n) is 12.1. The molecule has 1 heterocycles. The predicted octanol–water partition coefficient (Wildman–Crippen LogP) is 1.39. The normalized spacial score (nSPS) is 11.8. The minimum atomic E-state index is -3.81. The van der Waals surface area contributed by atoms with Crippen molar-refractivity contribution in [3.63, 3.8) is 0 Å². The summed E-state index contributed by atoms with van der Waals surface area (Å²) in [5, 5.41) is 16.3. The van der Waals surface area contributed by atoms with E-state index in [-0.39, 0.29) is 21.3 Å². The molecule has 1 aromatic carbocycles. The number of aromatic hydroxyl groups is 1. The van der Waals surface area contributed by atoms with Crippen LogP contribution in [-0.2, 0) is 16.6 Å². The molecule has 0 fully saturated rings. The largest absolute Gasteiger partial charge is 0.508 e. The smallest absolute Gasteiger partial charge is 0.247 e. The van der Waals surface area contributed by atoms with Crippen molar-refractivity contribution in [2.75, 3.05) is 14.1 Å². The maximum absolute atomic E-state index is 12.4. The lowest BCUT2D eigenvalue weighted by atomic mass is 10.0. The number of benzene rings is 1. The number of thiophene rings is 1. The van der Waals surface area contributed by atoms with Crippen molar-refractivity contribution >= 4 is 27.1 Å². The van der Waals surface area contributed by atoms with Gasteiger partial charge in [-0.15, -0.1) is 11.3 Å². The van der Waals surface area contributed by atoms with Crippen LogP contribution < -0.4 is 5.14 Å². The molecule has 0 aliphatic heterocycles. The van der Waals surface area contributed by atoms with Crippen LogP contribution >= 0.6 is 11.3 Å². The first-order chi connectivity index (χ1) is 10.2. The molecule has 0 bridgehead atoms. The number of hydrogen-bond donors (Lipinski definition) is 2. The molecule has 0 amide bonds. The highest BCUT2D eigenvalue weighted by atomic mass is 32.2. The monoisotopic (exact) mass is 340 g/mol. The first kappa shape index (κ1) is 16.6. The standard InChI is InChI=1S/C14H16N2O4S2/c1-16(2)7-10-5-9(3-4-12(10)17)14(18)11-6-13(21-8-11)22(15,19)20/h3-6,8,17H,7H2,1-2H3,(H2,15,19,20). The van der Waals surface area contributed by atoms with Crippen LogP contribution in [0.2, 0.25) is 0 Å². The van der Waals surface area contributed by atoms with Crippen molar-refractivity contribution in [3.8, 4) is 5.75 Å². The number of rotatable bonds is 5. The molecule has 0 spiro atoms. The van der Waals surface area contributed by atoms with Gasteiger partial charge in [0.05, 0.1) is 0 Å². The van der Waals surface area contributed by atoms with Crippen LogP contribution in [0.4, 0.5) is 0 Å². The summed E-state index contributed by atoms with van der Waals surface area (Å²) in [6.07, 6.45) is 0. The molecule has 1 aromatic heterocycles. The Balaban J connectivity index is 2.35. The SMILES string of the molecule is CN(C)Cc1cc(C(=O)c2csc(S(N)(=O)=O)c2)ccc1O. The van der Waals surface area contributed by atoms with E-state index in [4.69, 9.17) is 5.14 Å². The molecule has 0 radical (unpaired) electrons. The van der Waals surface area contributed by atoms with Gasteiger partial charge in [-0.05, 0) is 38.4 Å². The lowest BCUT2D eigenvalue weighted by Crippen LogP contribution is -2.12. The summed E-state index contributed by atoms with van der Waals surface area (Å²) in [6.45, 7) is 0.485. The van der Waals surface area contributed by atoms with Gasteiger partial charge in [-0.25, -0.2) is 13.6 Å². The van der Waals surface area contributed by atoms with E-state index >= 15 is 0 Å². The number of sulfonamides is 1. The van der Waals surface area contributed by atoms with Crippen molar-refractivity contribution in [2.24, 2.45) is 5.14 Å². The van der Waals surface area contributed by atoms with Gasteiger partial charge < -0.3 is 10.0 Å². The van der Waals surface area contributed by atoms with Gasteiger partial charge in [0.2, 0.25) is 10.0 Å². The Hall–Kier alpha value is -1.74. The third kappa shape index (κ3) is 3.72. The first-order valence-corrected chi connectivity index (χ1v) is 8.73. The van der Waals surface area contributed by atoms with E-state index in [1.165, 1.54) is 23.6 Å². The second-order valence-corrected chi connectivity index (χ2v) is 7.81. The van der Waals surface area contributed by atoms with E-state index in [1.54, 1.807) is 6.07 Å². The fourth-order valence-electron chi connectivity index (χ4n) is 1.95. The number of primary sulfonamides is 1. The molecule has 0 atom stereocenters. The minimum absolute atomic E-state index is 0.0526. The zero-order valence-corrected chi connectivity index (χ0v) is 13.7. The Morgan fingerprint density at radius 1 is 1.27 bits per heavy atom. The average Bonchev–Trinajstić information content (AvgIpc) is 2.89. The number of nitrogens with zero attached hydrogens (tertiary/aromatic N) is 1. The van der Waals surface area contributed by atoms with E-state index < -0.39 is 10.0 Å². The number of carbonyl (C=O) groups excluding carboxylic acids is 1. The molecular weight excluding hydrogens is 324 g/mol. The molecule has 2 rings (SSSR count). The first-order valence-electron chi connectivity index (χ1n) is 6.31. The number of nitrogens with two attached hydrogens (primary N) is 1. The third-order valence-electron chi connectivity index (χ3n) is 2.95. The lowest BCUT2D eigenvalue weighted by Gasteiger charge is -2.12. The molecule has 22 heavy (non-hydrogen) atoms. The van der Waals surface area contributed by atoms with Gasteiger partial charge in [-0.2, -0.15) is 0 Å². The van der Waals surface area contributed by atoms with Crippen LogP contribution in [0.25, 0.3) is 0 Å². The maximum Gasteiger partial charge on any atom is 0.247 e. The Morgan fingerprint density at radius 2 is 1.95 bits per heavy atom. The van der Waals surface area contributed by atoms with Crippen molar-refractivity contribution in [1.29, 1.82) is 0 Å². The summed E-state index contributed by atoms with van der Waals surface area (Å²) in [5.41, 5.74) is 1.27. The number of hydrogen-bond acceptors (Lipinski definition) is 6. The molecular formula is C14H16N2O4S2. The van der Waals surface area contributed by atoms with Gasteiger partial charge in [0.1, 0.15) is 9.96 Å². The van der Waals surface area contributed by atoms with Crippen molar-refractivity contribution in [3.05, 3.63) is 46.3 Å². The van der Waals surface area contributed by atoms with Crippen LogP contribution in [0.5, 0.6) is 5.75 Å². The van der Waals surface area contributed by atoms with Crippen LogP contribution in [0.1, 0.15) is 21.5 Å². The topological polar surface area (TPSA) is 101 Å². The molecule has 0 aliphatic carbocycles. The number of phenolic OH excluding ortho intramolecular Hbond substituents is 1. The Kier molecular flexibility index (Phi) is 4.66. The second-order valence-electron chi connectivity index (χ2n) is 5.11. The van der Waals surface area contributed by atoms with Crippen LogP contribution in [0, 0.1) is 0 Å². The van der Waals surface area contributed by atoms with Crippen molar-refractivity contribution in [1.82, 2.24) is 4.90 Å². The maximum atomic E-state index is 12.4. The van der Waals surface area contributed by atoms with Crippen LogP contribution in [0.3, 0.4) is 0 Å². The quantitative estimate of drug-likeness (QED) is 0.801. The van der Waals surface area contributed by atoms with E-state index in [2.05, 4.69) is 0 Å². The summed E-state index contributed by atoms with van der Waals surface area (Å²) < 4.78 is 22.5. The fraction of sp³-hybridized carbons (Fsp3) is 0.214. The molecule has 3 N–H and O–H groups in total. The van der Waals surface area contributed by atoms with Crippen molar-refractivity contribution < 1.29 is 18.3 Å². The molecule has 0 saturated heterocycles. The number of phenols is 1. The summed E-state index contributed by atoms with van der Waals surface area (Å²) in [5.74, 6) is -0.202. The average molecular weight is 340 g/mol. The van der Waals surface area contributed by atoms with Gasteiger partial charge in [0, 0.05) is 28.6 Å². The van der Waals surface area contributed by atoms with Crippen LogP contribution in [-0.4, -0.2) is 38.3 Å². The van der Waals surface area contributed by atoms with Crippen molar-refractivity contribution in [2.45, 2.75) is 10.8 Å². The predicted molar refractivity (Wildman–Crippen MR) is 84.6 cm³/mol. The van der Waals surface area contributed by atoms with E-state index in [1.807, 2.05) is 19.0 Å². The molecule has 0 saturated carbocycles. The summed E-state index contributed by atoms with van der Waals surface area (Å²) in [7, 11) is -0.104. The van der Waals surface area contributed by atoms with Gasteiger partial charge in [-0.1, -0.05) is 0 Å². The highest BCUT2D eigenvalue weighted by Gasteiger charge is 2.17. The van der Waals surface area contributed by atoms with E-state index in [9.17, 15) is 18.3 Å². The second kappa shape index (κ2) is 6.17. The minimum Gasteiger partial charge on any atom is -0.508 e. The van der Waals surface area contributed by atoms with Crippen LogP contribution in [0.15, 0.2) is 33.9 Å². The molecule has 118 valence electrons. The highest BCUT2D eigenvalue weighted by Crippen LogP contribution is 2.24. The van der Waals surface area contributed by atoms with Gasteiger partial charge in [0.15, 0.2) is 5.78 Å². The Labute approximate surface area is 132 Å². The van der Waals surface area contributed by atoms with Gasteiger partial charge >= 0.3 is 0 Å². The molecule has 0 unspecified atom stereocenters. The highest BCUT2D eigenvalue weighted by molar-refractivity contribution is 7.91. The molecule has 0 aliphatic rings. The number of carbonyl (C=O) groups is 1. The zero-order chi connectivity index (χ0) is 16.5. The summed E-state index contributed by atoms with van der Waals surface area (Å²) in [6, 6.07) is 5.83. The third-order valence-corrected chi connectivity index (χ3v) is 5.33. The van der Waals surface area contributed by atoms with Gasteiger partial charge in [0.25, 0.3) is 0 Å². The number of ketones is 1.